The van der Waals surface area contributed by atoms with Crippen LogP contribution in [0.4, 0.5) is 17.6 Å². The highest BCUT2D eigenvalue weighted by Crippen LogP contribution is 2.22. The fourth-order valence-electron chi connectivity index (χ4n) is 1.50. The van der Waals surface area contributed by atoms with Gasteiger partial charge in [-0.2, -0.15) is 13.2 Å². The van der Waals surface area contributed by atoms with E-state index in [9.17, 15) is 17.6 Å². The maximum Gasteiger partial charge on any atom is 0.401 e. The lowest BCUT2D eigenvalue weighted by Gasteiger charge is -2.23. The van der Waals surface area contributed by atoms with E-state index in [1.165, 1.54) is 18.2 Å². The molecule has 0 N–H and O–H groups in total. The van der Waals surface area contributed by atoms with Crippen LogP contribution in [0.5, 0.6) is 0 Å². The lowest BCUT2D eigenvalue weighted by molar-refractivity contribution is -0.146. The zero-order valence-electron chi connectivity index (χ0n) is 9.28. The lowest BCUT2D eigenvalue weighted by atomic mass is 10.2. The van der Waals surface area contributed by atoms with Gasteiger partial charge in [-0.3, -0.25) is 4.90 Å². The molecule has 18 heavy (non-hydrogen) atoms. The molecule has 0 saturated carbocycles. The van der Waals surface area contributed by atoms with E-state index in [1.54, 1.807) is 0 Å². The van der Waals surface area contributed by atoms with Crippen molar-refractivity contribution in [3.63, 3.8) is 0 Å². The van der Waals surface area contributed by atoms with E-state index >= 15 is 0 Å². The Kier molecular flexibility index (Phi) is 5.69. The summed E-state index contributed by atoms with van der Waals surface area (Å²) in [5.41, 5.74) is 0.122. The highest BCUT2D eigenvalue weighted by atomic mass is 35.5. The van der Waals surface area contributed by atoms with Crippen LogP contribution in [-0.2, 0) is 6.54 Å². The third kappa shape index (κ3) is 5.00. The molecule has 102 valence electrons. The van der Waals surface area contributed by atoms with Crippen LogP contribution in [0.2, 0.25) is 5.02 Å². The molecule has 0 fully saturated rings. The summed E-state index contributed by atoms with van der Waals surface area (Å²) in [6.45, 7) is -1.29. The minimum atomic E-state index is -4.35. The first-order valence-electron chi connectivity index (χ1n) is 5.11. The van der Waals surface area contributed by atoms with Crippen LogP contribution in [0.15, 0.2) is 18.2 Å². The summed E-state index contributed by atoms with van der Waals surface area (Å²) < 4.78 is 50.5. The second-order valence-electron chi connectivity index (χ2n) is 3.73. The molecule has 0 amide bonds. The average molecular weight is 304 g/mol. The molecular weight excluding hydrogens is 293 g/mol. The molecule has 1 nitrogen and oxygen atoms in total. The predicted octanol–water partition coefficient (Wildman–Crippen LogP) is 4.08. The smallest absolute Gasteiger partial charge is 0.289 e. The molecule has 0 unspecified atom stereocenters. The average Bonchev–Trinajstić information content (AvgIpc) is 2.23. The summed E-state index contributed by atoms with van der Waals surface area (Å²) in [5, 5.41) is -0.106. The maximum atomic E-state index is 13.6. The Hall–Kier alpha value is -0.520. The third-order valence-electron chi connectivity index (χ3n) is 2.23. The van der Waals surface area contributed by atoms with Crippen molar-refractivity contribution in [2.75, 3.05) is 19.0 Å². The van der Waals surface area contributed by atoms with Crippen LogP contribution in [-0.4, -0.2) is 30.0 Å². The molecule has 0 bridgehead atoms. The Morgan fingerprint density at radius 3 is 2.44 bits per heavy atom. The summed E-state index contributed by atoms with van der Waals surface area (Å²) >= 11 is 11.0. The summed E-state index contributed by atoms with van der Waals surface area (Å²) in [4.78, 5) is 1.03. The number of benzene rings is 1. The van der Waals surface area contributed by atoms with E-state index in [0.29, 0.717) is 0 Å². The molecule has 0 aliphatic heterocycles. The van der Waals surface area contributed by atoms with Gasteiger partial charge in [0.25, 0.3) is 0 Å². The van der Waals surface area contributed by atoms with Gasteiger partial charge >= 0.3 is 6.18 Å². The van der Waals surface area contributed by atoms with Crippen molar-refractivity contribution in [1.29, 1.82) is 0 Å². The van der Waals surface area contributed by atoms with Gasteiger partial charge in [-0.05, 0) is 6.07 Å². The molecule has 1 aromatic rings. The van der Waals surface area contributed by atoms with Gasteiger partial charge in [0.05, 0.1) is 11.6 Å². The van der Waals surface area contributed by atoms with Gasteiger partial charge in [0.2, 0.25) is 0 Å². The zero-order chi connectivity index (χ0) is 13.8. The lowest BCUT2D eigenvalue weighted by Crippen LogP contribution is -2.35. The molecule has 0 aromatic heterocycles. The molecule has 0 aliphatic rings. The highest BCUT2D eigenvalue weighted by Gasteiger charge is 2.30. The predicted molar refractivity (Wildman–Crippen MR) is 63.5 cm³/mol. The molecule has 0 atom stereocenters. The van der Waals surface area contributed by atoms with E-state index in [-0.39, 0.29) is 29.6 Å². The van der Waals surface area contributed by atoms with E-state index in [2.05, 4.69) is 0 Å². The summed E-state index contributed by atoms with van der Waals surface area (Å²) in [7, 11) is 0. The van der Waals surface area contributed by atoms with Crippen LogP contribution >= 0.6 is 23.2 Å². The van der Waals surface area contributed by atoms with Crippen LogP contribution in [0.3, 0.4) is 0 Å². The summed E-state index contributed by atoms with van der Waals surface area (Å²) in [5.74, 6) is -0.654. The van der Waals surface area contributed by atoms with Crippen molar-refractivity contribution < 1.29 is 17.6 Å². The second-order valence-corrected chi connectivity index (χ2v) is 4.51. The number of alkyl halides is 4. The first-order chi connectivity index (χ1) is 8.33. The van der Waals surface area contributed by atoms with Gasteiger partial charge in [-0.15, -0.1) is 11.6 Å². The number of nitrogens with zero attached hydrogens (tertiary/aromatic N) is 1. The fourth-order valence-corrected chi connectivity index (χ4v) is 1.93. The minimum Gasteiger partial charge on any atom is -0.289 e. The topological polar surface area (TPSA) is 3.24 Å². The number of hydrogen-bond donors (Lipinski definition) is 0. The Morgan fingerprint density at radius 2 is 1.89 bits per heavy atom. The van der Waals surface area contributed by atoms with Crippen molar-refractivity contribution in [3.05, 3.63) is 34.6 Å². The van der Waals surface area contributed by atoms with E-state index in [4.69, 9.17) is 23.2 Å². The Morgan fingerprint density at radius 1 is 1.22 bits per heavy atom. The van der Waals surface area contributed by atoms with E-state index in [0.717, 1.165) is 4.90 Å². The maximum absolute atomic E-state index is 13.6. The van der Waals surface area contributed by atoms with Gasteiger partial charge in [0, 0.05) is 24.5 Å². The molecule has 1 aromatic carbocycles. The van der Waals surface area contributed by atoms with Crippen molar-refractivity contribution in [3.8, 4) is 0 Å². The molecule has 0 saturated heterocycles. The standard InChI is InChI=1S/C11H11Cl2F4N/c12-4-5-18(7-11(15,16)17)6-8-2-1-3-9(13)10(8)14/h1-3H,4-7H2. The van der Waals surface area contributed by atoms with Crippen LogP contribution in [0, 0.1) is 5.82 Å². The molecule has 0 aliphatic carbocycles. The van der Waals surface area contributed by atoms with Crippen LogP contribution < -0.4 is 0 Å². The highest BCUT2D eigenvalue weighted by molar-refractivity contribution is 6.30. The second kappa shape index (κ2) is 6.59. The Labute approximate surface area is 112 Å². The van der Waals surface area contributed by atoms with Gasteiger partial charge in [-0.1, -0.05) is 23.7 Å². The Balaban J connectivity index is 2.80. The van der Waals surface area contributed by atoms with Gasteiger partial charge in [0.15, 0.2) is 0 Å². The summed E-state index contributed by atoms with van der Waals surface area (Å²) in [6.07, 6.45) is -4.35. The van der Waals surface area contributed by atoms with Gasteiger partial charge in [0.1, 0.15) is 5.82 Å². The first kappa shape index (κ1) is 15.5. The quantitative estimate of drug-likeness (QED) is 0.585. The molecule has 1 rings (SSSR count). The largest absolute Gasteiger partial charge is 0.401 e. The van der Waals surface area contributed by atoms with Crippen LogP contribution in [0.25, 0.3) is 0 Å². The zero-order valence-corrected chi connectivity index (χ0v) is 10.8. The third-order valence-corrected chi connectivity index (χ3v) is 2.69. The molecule has 0 heterocycles. The van der Waals surface area contributed by atoms with Gasteiger partial charge < -0.3 is 0 Å². The van der Waals surface area contributed by atoms with Crippen molar-refractivity contribution in [2.45, 2.75) is 12.7 Å². The molecule has 0 radical (unpaired) electrons. The monoisotopic (exact) mass is 303 g/mol. The van der Waals surface area contributed by atoms with E-state index < -0.39 is 18.5 Å². The normalized spacial score (nSPS) is 12.2. The summed E-state index contributed by atoms with van der Waals surface area (Å²) in [6, 6.07) is 4.24. The molecule has 0 spiro atoms. The number of rotatable bonds is 5. The Bertz CT molecular complexity index is 395. The van der Waals surface area contributed by atoms with Gasteiger partial charge in [-0.25, -0.2) is 4.39 Å². The first-order valence-corrected chi connectivity index (χ1v) is 6.02. The molecule has 7 heteroatoms. The van der Waals surface area contributed by atoms with Crippen molar-refractivity contribution in [1.82, 2.24) is 4.90 Å². The molecular formula is C11H11Cl2F4N. The fraction of sp³-hybridized carbons (Fsp3) is 0.455. The number of halogens is 6. The van der Waals surface area contributed by atoms with Crippen LogP contribution in [0.1, 0.15) is 5.56 Å². The van der Waals surface area contributed by atoms with Crippen molar-refractivity contribution >= 4 is 23.2 Å². The van der Waals surface area contributed by atoms with E-state index in [1.807, 2.05) is 0 Å². The number of hydrogen-bond acceptors (Lipinski definition) is 1. The minimum absolute atomic E-state index is 0.0209. The SMILES string of the molecule is Fc1c(Cl)cccc1CN(CCCl)CC(F)(F)F. The van der Waals surface area contributed by atoms with Crippen molar-refractivity contribution in [2.24, 2.45) is 0 Å².